The zero-order valence-electron chi connectivity index (χ0n) is 26.9. The van der Waals surface area contributed by atoms with Gasteiger partial charge in [-0.05, 0) is 66.7 Å². The second-order valence-corrected chi connectivity index (χ2v) is 12.6. The lowest BCUT2D eigenvalue weighted by Gasteiger charge is -2.38. The number of halogens is 4. The second kappa shape index (κ2) is 19.3. The van der Waals surface area contributed by atoms with Gasteiger partial charge >= 0.3 is 12.6 Å². The van der Waals surface area contributed by atoms with E-state index in [0.29, 0.717) is 31.9 Å². The minimum atomic E-state index is -3.20. The van der Waals surface area contributed by atoms with Crippen molar-refractivity contribution >= 4 is 22.6 Å². The number of hydrogen-bond acceptors (Lipinski definition) is 4. The molecule has 0 amide bonds. The van der Waals surface area contributed by atoms with Crippen LogP contribution in [0.15, 0.2) is 29.7 Å². The molecule has 0 fully saturated rings. The van der Waals surface area contributed by atoms with Gasteiger partial charge in [0.2, 0.25) is 0 Å². The van der Waals surface area contributed by atoms with E-state index >= 15 is 0 Å². The number of allylic oxidation sites excluding steroid dienone is 2. The topological polar surface area (TPSA) is 55.8 Å². The van der Waals surface area contributed by atoms with Crippen LogP contribution in [-0.2, 0) is 9.53 Å². The number of carboxylic acids is 1. The van der Waals surface area contributed by atoms with Crippen LogP contribution in [0.1, 0.15) is 113 Å². The molecule has 0 saturated carbocycles. The lowest BCUT2D eigenvalue weighted by Crippen LogP contribution is -2.45. The molecule has 0 aromatic heterocycles. The Bertz CT molecular complexity index is 1010. The van der Waals surface area contributed by atoms with Crippen LogP contribution in [0, 0.1) is 28.9 Å². The fraction of sp³-hybridized carbons (Fsp3) is 0.667. The Morgan fingerprint density at radius 3 is 2.19 bits per heavy atom. The van der Waals surface area contributed by atoms with Crippen molar-refractivity contribution < 1.29 is 36.9 Å². The molecule has 0 spiro atoms. The van der Waals surface area contributed by atoms with Gasteiger partial charge in [0.1, 0.15) is 5.75 Å². The first-order valence-corrected chi connectivity index (χ1v) is 15.8. The van der Waals surface area contributed by atoms with Gasteiger partial charge < -0.3 is 14.6 Å². The van der Waals surface area contributed by atoms with Crippen LogP contribution < -0.4 is 4.74 Å². The highest BCUT2D eigenvalue weighted by molar-refractivity contribution is 8.11. The Kier molecular flexibility index (Phi) is 18.4. The second-order valence-electron chi connectivity index (χ2n) is 11.3. The Morgan fingerprint density at radius 1 is 1.12 bits per heavy atom. The van der Waals surface area contributed by atoms with Crippen LogP contribution in [0.3, 0.4) is 0 Å². The average molecular weight is 621 g/mol. The van der Waals surface area contributed by atoms with Crippen LogP contribution >= 0.6 is 11.8 Å². The highest BCUT2D eigenvalue weighted by Gasteiger charge is 2.42. The molecule has 1 N–H and O–H groups in total. The predicted molar refractivity (Wildman–Crippen MR) is 167 cm³/mol. The maximum atomic E-state index is 14.0. The standard InChI is InChI=1S/C31H46F4O4S.C2H6/c1-9-15-38-31(11-3,28(36)37)19-22(30(6,7)8)13-12-14-23(16-20(4)10-2)40-21(5)24-17-25(32)26(33)18-27(24)39-29(34)35;1-2/h16-18,20,22,29H,5,9-15,19H2,1-4,6-8H3,(H,36,37);1-2H3/b23-16-;/t20?,22?,31-;/m1./s1. The molecule has 1 aromatic carbocycles. The Labute approximate surface area is 255 Å². The van der Waals surface area contributed by atoms with Crippen molar-refractivity contribution in [2.45, 2.75) is 119 Å². The van der Waals surface area contributed by atoms with Gasteiger partial charge in [-0.15, -0.1) is 0 Å². The molecule has 2 unspecified atom stereocenters. The van der Waals surface area contributed by atoms with E-state index in [1.165, 1.54) is 11.8 Å². The third kappa shape index (κ3) is 13.1. The SMILES string of the molecule is C=C(S/C(=C\C(C)CC)CCCC(C[C@@](CC)(OCCC)C(=O)O)C(C)(C)C)c1cc(F)c(F)cc1OC(F)F.CC. The number of benzene rings is 1. The first kappa shape index (κ1) is 40.0. The van der Waals surface area contributed by atoms with Gasteiger partial charge in [-0.3, -0.25) is 0 Å². The zero-order chi connectivity index (χ0) is 32.7. The summed E-state index contributed by atoms with van der Waals surface area (Å²) in [7, 11) is 0. The lowest BCUT2D eigenvalue weighted by atomic mass is 9.71. The average Bonchev–Trinajstić information content (AvgIpc) is 2.91. The molecular formula is C33H52F4O4S. The minimum absolute atomic E-state index is 0.0333. The molecule has 0 aliphatic rings. The van der Waals surface area contributed by atoms with Crippen molar-refractivity contribution in [1.29, 1.82) is 0 Å². The zero-order valence-corrected chi connectivity index (χ0v) is 27.7. The summed E-state index contributed by atoms with van der Waals surface area (Å²) >= 11 is 1.22. The highest BCUT2D eigenvalue weighted by Crippen LogP contribution is 2.43. The molecule has 0 aliphatic heterocycles. The third-order valence-corrected chi connectivity index (χ3v) is 8.30. The fourth-order valence-corrected chi connectivity index (χ4v) is 5.55. The number of ether oxygens (including phenoxy) is 2. The molecule has 9 heteroatoms. The van der Waals surface area contributed by atoms with E-state index in [1.54, 1.807) is 0 Å². The number of hydrogen-bond donors (Lipinski definition) is 1. The molecule has 42 heavy (non-hydrogen) atoms. The van der Waals surface area contributed by atoms with Crippen molar-refractivity contribution in [3.05, 3.63) is 46.9 Å². The number of alkyl halides is 2. The molecule has 1 rings (SSSR count). The van der Waals surface area contributed by atoms with Gasteiger partial charge in [0.25, 0.3) is 0 Å². The summed E-state index contributed by atoms with van der Waals surface area (Å²) in [4.78, 5) is 13.5. The van der Waals surface area contributed by atoms with Crippen LogP contribution in [0.25, 0.3) is 4.91 Å². The summed E-state index contributed by atoms with van der Waals surface area (Å²) in [5.74, 6) is -3.61. The molecule has 0 saturated heterocycles. The Hall–Kier alpha value is -2.00. The molecular weight excluding hydrogens is 568 g/mol. The van der Waals surface area contributed by atoms with E-state index in [9.17, 15) is 27.5 Å². The van der Waals surface area contributed by atoms with Crippen LogP contribution in [0.5, 0.6) is 5.75 Å². The molecule has 4 nitrogen and oxygen atoms in total. The summed E-state index contributed by atoms with van der Waals surface area (Å²) < 4.78 is 64.0. The van der Waals surface area contributed by atoms with Crippen molar-refractivity contribution in [2.75, 3.05) is 6.61 Å². The van der Waals surface area contributed by atoms with Crippen molar-refractivity contribution in [3.8, 4) is 5.75 Å². The first-order valence-electron chi connectivity index (χ1n) is 15.0. The van der Waals surface area contributed by atoms with Crippen molar-refractivity contribution in [3.63, 3.8) is 0 Å². The van der Waals surface area contributed by atoms with Crippen LogP contribution in [0.2, 0.25) is 0 Å². The number of rotatable bonds is 18. The molecule has 3 atom stereocenters. The summed E-state index contributed by atoms with van der Waals surface area (Å²) in [5.41, 5.74) is -1.45. The summed E-state index contributed by atoms with van der Waals surface area (Å²) in [5, 5.41) is 10.1. The van der Waals surface area contributed by atoms with E-state index in [1.807, 2.05) is 34.6 Å². The third-order valence-electron chi connectivity index (χ3n) is 7.23. The van der Waals surface area contributed by atoms with Gasteiger partial charge in [0.05, 0.1) is 0 Å². The maximum absolute atomic E-state index is 14.0. The van der Waals surface area contributed by atoms with Gasteiger partial charge in [0, 0.05) is 23.1 Å². The van der Waals surface area contributed by atoms with Crippen LogP contribution in [0.4, 0.5) is 17.6 Å². The monoisotopic (exact) mass is 620 g/mol. The van der Waals surface area contributed by atoms with Gasteiger partial charge in [-0.2, -0.15) is 8.78 Å². The van der Waals surface area contributed by atoms with Gasteiger partial charge in [-0.1, -0.05) is 93.2 Å². The number of aliphatic carboxylic acids is 1. The quantitative estimate of drug-likeness (QED) is 0.166. The van der Waals surface area contributed by atoms with E-state index < -0.39 is 35.6 Å². The largest absolute Gasteiger partial charge is 0.479 e. The smallest absolute Gasteiger partial charge is 0.387 e. The molecule has 0 radical (unpaired) electrons. The molecule has 242 valence electrons. The van der Waals surface area contributed by atoms with Crippen molar-refractivity contribution in [2.24, 2.45) is 17.3 Å². The Morgan fingerprint density at radius 2 is 1.71 bits per heavy atom. The minimum Gasteiger partial charge on any atom is -0.479 e. The van der Waals surface area contributed by atoms with Crippen LogP contribution in [-0.4, -0.2) is 29.9 Å². The highest BCUT2D eigenvalue weighted by atomic mass is 32.2. The molecule has 0 heterocycles. The summed E-state index contributed by atoms with van der Waals surface area (Å²) in [6.07, 6.45) is 6.52. The number of carboxylic acid groups (broad SMARTS) is 1. The maximum Gasteiger partial charge on any atom is 0.387 e. The van der Waals surface area contributed by atoms with E-state index in [0.717, 1.165) is 36.7 Å². The van der Waals surface area contributed by atoms with Gasteiger partial charge in [0.15, 0.2) is 17.2 Å². The summed E-state index contributed by atoms with van der Waals surface area (Å²) in [6, 6.07) is 1.43. The molecule has 0 bridgehead atoms. The lowest BCUT2D eigenvalue weighted by molar-refractivity contribution is -0.171. The first-order chi connectivity index (χ1) is 19.6. The predicted octanol–water partition coefficient (Wildman–Crippen LogP) is 11.1. The van der Waals surface area contributed by atoms with E-state index in [2.05, 4.69) is 45.1 Å². The fourth-order valence-electron chi connectivity index (χ4n) is 4.42. The normalized spacial score (nSPS) is 15.0. The molecule has 1 aromatic rings. The Balaban J connectivity index is 0.00000821. The van der Waals surface area contributed by atoms with E-state index in [4.69, 9.17) is 4.74 Å². The summed E-state index contributed by atoms with van der Waals surface area (Å²) in [6.45, 7) is 19.3. The van der Waals surface area contributed by atoms with E-state index in [-0.39, 0.29) is 27.7 Å². The number of carbonyl (C=O) groups is 1. The molecule has 0 aliphatic carbocycles. The van der Waals surface area contributed by atoms with Crippen molar-refractivity contribution in [1.82, 2.24) is 0 Å². The number of thioether (sulfide) groups is 1. The van der Waals surface area contributed by atoms with Gasteiger partial charge in [-0.25, -0.2) is 13.6 Å².